The number of hydrogen-bond donors (Lipinski definition) is 1. The highest BCUT2D eigenvalue weighted by atomic mass is 35.5. The number of nitrogens with zero attached hydrogens (tertiary/aromatic N) is 1. The van der Waals surface area contributed by atoms with Gasteiger partial charge in [0.25, 0.3) is 0 Å². The van der Waals surface area contributed by atoms with Crippen LogP contribution in [0.3, 0.4) is 0 Å². The molecule has 7 heteroatoms. The third-order valence-corrected chi connectivity index (χ3v) is 4.93. The van der Waals surface area contributed by atoms with Crippen LogP contribution < -0.4 is 10.1 Å². The Morgan fingerprint density at radius 2 is 1.96 bits per heavy atom. The zero-order chi connectivity index (χ0) is 15.9. The molecule has 1 aromatic carbocycles. The van der Waals surface area contributed by atoms with Gasteiger partial charge >= 0.3 is 0 Å². The monoisotopic (exact) mass is 404 g/mol. The van der Waals surface area contributed by atoms with Gasteiger partial charge in [0, 0.05) is 43.2 Å². The van der Waals surface area contributed by atoms with Gasteiger partial charge in [-0.3, -0.25) is 4.90 Å². The molecule has 0 radical (unpaired) electrons. The van der Waals surface area contributed by atoms with Crippen molar-refractivity contribution in [3.05, 3.63) is 51.7 Å². The number of morpholine rings is 1. The quantitative estimate of drug-likeness (QED) is 0.761. The Morgan fingerprint density at radius 1 is 1.16 bits per heavy atom. The van der Waals surface area contributed by atoms with E-state index in [1.807, 2.05) is 0 Å². The van der Waals surface area contributed by atoms with Crippen molar-refractivity contribution in [3.8, 4) is 5.75 Å². The number of benzene rings is 1. The van der Waals surface area contributed by atoms with Gasteiger partial charge in [-0.05, 0) is 29.1 Å². The first-order chi connectivity index (χ1) is 11.3. The van der Waals surface area contributed by atoms with Crippen molar-refractivity contribution in [2.75, 3.05) is 33.4 Å². The Balaban J connectivity index is 0.00000156. The van der Waals surface area contributed by atoms with Crippen molar-refractivity contribution in [1.29, 1.82) is 0 Å². The fraction of sp³-hybridized carbons (Fsp3) is 0.444. The lowest BCUT2D eigenvalue weighted by Crippen LogP contribution is -2.35. The highest BCUT2D eigenvalue weighted by molar-refractivity contribution is 7.09. The molecule has 0 unspecified atom stereocenters. The van der Waals surface area contributed by atoms with Crippen molar-refractivity contribution in [2.24, 2.45) is 0 Å². The van der Waals surface area contributed by atoms with Crippen molar-refractivity contribution in [2.45, 2.75) is 19.6 Å². The number of methoxy groups -OCH3 is 1. The standard InChI is InChI=1S/C18H24N2O2S.2ClH/c1-21-18-5-4-15(12-19-13-17-3-2-10-23-17)11-16(18)14-20-6-8-22-9-7-20;;/h2-5,10-11,19H,6-9,12-14H2,1H3;2*1H. The summed E-state index contributed by atoms with van der Waals surface area (Å²) in [6.07, 6.45) is 0. The van der Waals surface area contributed by atoms with E-state index in [4.69, 9.17) is 9.47 Å². The van der Waals surface area contributed by atoms with E-state index in [2.05, 4.69) is 45.9 Å². The summed E-state index contributed by atoms with van der Waals surface area (Å²) in [6, 6.07) is 10.7. The van der Waals surface area contributed by atoms with Gasteiger partial charge in [0.1, 0.15) is 5.75 Å². The lowest BCUT2D eigenvalue weighted by atomic mass is 10.1. The molecule has 1 aromatic heterocycles. The van der Waals surface area contributed by atoms with Gasteiger partial charge in [0.15, 0.2) is 0 Å². The van der Waals surface area contributed by atoms with Crippen molar-refractivity contribution < 1.29 is 9.47 Å². The smallest absolute Gasteiger partial charge is 0.123 e. The fourth-order valence-corrected chi connectivity index (χ4v) is 3.48. The van der Waals surface area contributed by atoms with Gasteiger partial charge in [-0.25, -0.2) is 0 Å². The number of rotatable bonds is 7. The van der Waals surface area contributed by atoms with Crippen LogP contribution in [0.15, 0.2) is 35.7 Å². The topological polar surface area (TPSA) is 33.7 Å². The molecule has 1 aliphatic heterocycles. The van der Waals surface area contributed by atoms with E-state index < -0.39 is 0 Å². The second kappa shape index (κ2) is 11.7. The van der Waals surface area contributed by atoms with Gasteiger partial charge in [-0.15, -0.1) is 36.2 Å². The third kappa shape index (κ3) is 6.77. The van der Waals surface area contributed by atoms with Crippen molar-refractivity contribution in [1.82, 2.24) is 10.2 Å². The first-order valence-electron chi connectivity index (χ1n) is 8.04. The van der Waals surface area contributed by atoms with Crippen LogP contribution in [0.25, 0.3) is 0 Å². The lowest BCUT2D eigenvalue weighted by molar-refractivity contribution is 0.0339. The molecule has 25 heavy (non-hydrogen) atoms. The van der Waals surface area contributed by atoms with Crippen LogP contribution in [0, 0.1) is 0 Å². The molecule has 3 rings (SSSR count). The normalized spacial score (nSPS) is 14.4. The molecule has 2 heterocycles. The first kappa shape index (κ1) is 22.2. The molecule has 0 aliphatic carbocycles. The summed E-state index contributed by atoms with van der Waals surface area (Å²) in [5.41, 5.74) is 2.55. The number of hydrogen-bond acceptors (Lipinski definition) is 5. The molecule has 1 N–H and O–H groups in total. The zero-order valence-corrected chi connectivity index (χ0v) is 16.9. The minimum absolute atomic E-state index is 0. The highest BCUT2D eigenvalue weighted by Crippen LogP contribution is 2.22. The second-order valence-corrected chi connectivity index (χ2v) is 6.75. The average Bonchev–Trinajstić information content (AvgIpc) is 3.09. The summed E-state index contributed by atoms with van der Waals surface area (Å²) in [7, 11) is 1.74. The molecule has 0 saturated carbocycles. The van der Waals surface area contributed by atoms with Gasteiger partial charge in [-0.1, -0.05) is 12.1 Å². The number of nitrogens with one attached hydrogen (secondary N) is 1. The minimum atomic E-state index is 0. The highest BCUT2D eigenvalue weighted by Gasteiger charge is 2.13. The Morgan fingerprint density at radius 3 is 2.64 bits per heavy atom. The van der Waals surface area contributed by atoms with E-state index in [1.54, 1.807) is 18.4 Å². The predicted octanol–water partition coefficient (Wildman–Crippen LogP) is 3.72. The van der Waals surface area contributed by atoms with Crippen LogP contribution in [0.4, 0.5) is 0 Å². The van der Waals surface area contributed by atoms with E-state index in [9.17, 15) is 0 Å². The van der Waals surface area contributed by atoms with Crippen LogP contribution in [-0.4, -0.2) is 38.3 Å². The largest absolute Gasteiger partial charge is 0.496 e. The zero-order valence-electron chi connectivity index (χ0n) is 14.4. The average molecular weight is 405 g/mol. The van der Waals surface area contributed by atoms with Crippen LogP contribution in [0.1, 0.15) is 16.0 Å². The third-order valence-electron chi connectivity index (χ3n) is 4.05. The molecule has 0 spiro atoms. The summed E-state index contributed by atoms with van der Waals surface area (Å²) in [6.45, 7) is 6.34. The summed E-state index contributed by atoms with van der Waals surface area (Å²) < 4.78 is 11.0. The molecular formula is C18H26Cl2N2O2S. The fourth-order valence-electron chi connectivity index (χ4n) is 2.81. The van der Waals surface area contributed by atoms with E-state index in [1.165, 1.54) is 16.0 Å². The Hall–Kier alpha value is -0.820. The van der Waals surface area contributed by atoms with E-state index >= 15 is 0 Å². The maximum atomic E-state index is 5.53. The maximum absolute atomic E-state index is 5.53. The van der Waals surface area contributed by atoms with Gasteiger partial charge in [-0.2, -0.15) is 0 Å². The molecule has 0 bridgehead atoms. The van der Waals surface area contributed by atoms with Gasteiger partial charge < -0.3 is 14.8 Å². The van der Waals surface area contributed by atoms with Crippen molar-refractivity contribution in [3.63, 3.8) is 0 Å². The van der Waals surface area contributed by atoms with Crippen LogP contribution in [-0.2, 0) is 24.4 Å². The van der Waals surface area contributed by atoms with E-state index in [0.717, 1.165) is 51.7 Å². The lowest BCUT2D eigenvalue weighted by Gasteiger charge is -2.27. The molecular weight excluding hydrogens is 379 g/mol. The molecule has 4 nitrogen and oxygen atoms in total. The number of halogens is 2. The molecule has 0 atom stereocenters. The molecule has 1 saturated heterocycles. The summed E-state index contributed by atoms with van der Waals surface area (Å²) in [5, 5.41) is 5.62. The predicted molar refractivity (Wildman–Crippen MR) is 108 cm³/mol. The molecule has 2 aromatic rings. The maximum Gasteiger partial charge on any atom is 0.123 e. The number of thiophene rings is 1. The summed E-state index contributed by atoms with van der Waals surface area (Å²) in [5.74, 6) is 0.971. The van der Waals surface area contributed by atoms with Gasteiger partial charge in [0.2, 0.25) is 0 Å². The van der Waals surface area contributed by atoms with E-state index in [-0.39, 0.29) is 24.8 Å². The van der Waals surface area contributed by atoms with Crippen LogP contribution in [0.5, 0.6) is 5.75 Å². The summed E-state index contributed by atoms with van der Waals surface area (Å²) in [4.78, 5) is 3.79. The summed E-state index contributed by atoms with van der Waals surface area (Å²) >= 11 is 1.79. The second-order valence-electron chi connectivity index (χ2n) is 5.72. The molecule has 1 fully saturated rings. The number of ether oxygens (including phenoxy) is 2. The molecule has 1 aliphatic rings. The SMILES string of the molecule is COc1ccc(CNCc2cccs2)cc1CN1CCOCC1.Cl.Cl. The Bertz CT molecular complexity index is 605. The van der Waals surface area contributed by atoms with Crippen molar-refractivity contribution >= 4 is 36.2 Å². The first-order valence-corrected chi connectivity index (χ1v) is 8.92. The Kier molecular flexibility index (Phi) is 10.4. The van der Waals surface area contributed by atoms with Crippen LogP contribution in [0.2, 0.25) is 0 Å². The van der Waals surface area contributed by atoms with Gasteiger partial charge in [0.05, 0.1) is 20.3 Å². The molecule has 0 amide bonds. The van der Waals surface area contributed by atoms with Crippen LogP contribution >= 0.6 is 36.2 Å². The Labute approximate surface area is 166 Å². The molecule has 140 valence electrons. The van der Waals surface area contributed by atoms with E-state index in [0.29, 0.717) is 0 Å². The minimum Gasteiger partial charge on any atom is -0.496 e.